The highest BCUT2D eigenvalue weighted by Gasteiger charge is 2.17. The second kappa shape index (κ2) is 12.4. The van der Waals surface area contributed by atoms with Crippen LogP contribution in [-0.4, -0.2) is 58.9 Å². The Balaban J connectivity index is 1.40. The van der Waals surface area contributed by atoms with Gasteiger partial charge in [-0.2, -0.15) is 0 Å². The maximum absolute atomic E-state index is 12.8. The molecule has 0 spiro atoms. The van der Waals surface area contributed by atoms with Crippen LogP contribution in [0, 0.1) is 0 Å². The van der Waals surface area contributed by atoms with Crippen LogP contribution in [0.5, 0.6) is 5.75 Å². The molecule has 3 heterocycles. The third-order valence-corrected chi connectivity index (χ3v) is 7.08. The summed E-state index contributed by atoms with van der Waals surface area (Å²) in [6.07, 6.45) is 9.02. The van der Waals surface area contributed by atoms with Crippen LogP contribution in [0.4, 0.5) is 0 Å². The molecule has 5 rings (SSSR count). The third kappa shape index (κ3) is 5.66. The van der Waals surface area contributed by atoms with Gasteiger partial charge in [0, 0.05) is 65.0 Å². The summed E-state index contributed by atoms with van der Waals surface area (Å²) in [5.74, 6) is 0.607. The monoisotopic (exact) mass is 535 g/mol. The van der Waals surface area contributed by atoms with E-state index in [-0.39, 0.29) is 5.91 Å². The summed E-state index contributed by atoms with van der Waals surface area (Å²) in [6.45, 7) is 3.99. The Kier molecular flexibility index (Phi) is 8.35. The molecule has 0 aliphatic heterocycles. The zero-order valence-electron chi connectivity index (χ0n) is 22.8. The van der Waals surface area contributed by atoms with Crippen molar-refractivity contribution >= 4 is 34.1 Å². The smallest absolute Gasteiger partial charge is 0.251 e. The summed E-state index contributed by atoms with van der Waals surface area (Å²) < 4.78 is 5.79. The normalized spacial score (nSPS) is 11.1. The van der Waals surface area contributed by atoms with Gasteiger partial charge in [0.15, 0.2) is 0 Å². The number of carbonyl (C=O) groups is 2. The van der Waals surface area contributed by atoms with Gasteiger partial charge in [-0.3, -0.25) is 19.6 Å². The quantitative estimate of drug-likeness (QED) is 0.155. The average Bonchev–Trinajstić information content (AvgIpc) is 3.38. The molecule has 2 aromatic carbocycles. The molecule has 204 valence electrons. The lowest BCUT2D eigenvalue weighted by Gasteiger charge is -2.16. The van der Waals surface area contributed by atoms with Crippen LogP contribution in [0.1, 0.15) is 36.5 Å². The molecule has 0 aliphatic rings. The summed E-state index contributed by atoms with van der Waals surface area (Å²) in [7, 11) is 1.66. The van der Waals surface area contributed by atoms with Crippen LogP contribution in [-0.2, 0) is 4.79 Å². The van der Waals surface area contributed by atoms with Crippen molar-refractivity contribution in [1.29, 1.82) is 0 Å². The van der Waals surface area contributed by atoms with Crippen LogP contribution in [0.15, 0.2) is 73.2 Å². The number of hydrogen-bond donors (Lipinski definition) is 2. The predicted octanol–water partition coefficient (Wildman–Crippen LogP) is 5.83. The van der Waals surface area contributed by atoms with Crippen LogP contribution >= 0.6 is 0 Å². The van der Waals surface area contributed by atoms with Crippen molar-refractivity contribution < 1.29 is 14.3 Å². The molecule has 3 aromatic heterocycles. The van der Waals surface area contributed by atoms with Gasteiger partial charge in [-0.05, 0) is 60.9 Å². The van der Waals surface area contributed by atoms with Gasteiger partial charge >= 0.3 is 0 Å². The van der Waals surface area contributed by atoms with E-state index < -0.39 is 0 Å². The van der Waals surface area contributed by atoms with E-state index in [1.54, 1.807) is 24.4 Å². The number of rotatable bonds is 12. The summed E-state index contributed by atoms with van der Waals surface area (Å²) in [6, 6.07) is 17.5. The number of unbranched alkanes of at least 4 members (excludes halogenated alkanes) is 1. The fraction of sp³-hybridized carbons (Fsp3) is 0.250. The van der Waals surface area contributed by atoms with Gasteiger partial charge in [-0.1, -0.05) is 25.5 Å². The van der Waals surface area contributed by atoms with E-state index in [0.29, 0.717) is 25.1 Å². The van der Waals surface area contributed by atoms with Crippen molar-refractivity contribution in [3.8, 4) is 28.1 Å². The first kappa shape index (κ1) is 26.9. The van der Waals surface area contributed by atoms with Gasteiger partial charge in [0.2, 0.25) is 6.41 Å². The van der Waals surface area contributed by atoms with Crippen molar-refractivity contribution in [2.45, 2.75) is 26.2 Å². The lowest BCUT2D eigenvalue weighted by atomic mass is 9.97. The molecule has 0 unspecified atom stereocenters. The predicted molar refractivity (Wildman–Crippen MR) is 158 cm³/mol. The number of nitrogens with zero attached hydrogens (tertiary/aromatic N) is 3. The number of benzene rings is 2. The second-order valence-electron chi connectivity index (χ2n) is 9.73. The Morgan fingerprint density at radius 3 is 2.58 bits per heavy atom. The van der Waals surface area contributed by atoms with Crippen LogP contribution in [0.25, 0.3) is 44.2 Å². The Labute approximate surface area is 233 Å². The number of ether oxygens (including phenoxy) is 1. The molecule has 40 heavy (non-hydrogen) atoms. The summed E-state index contributed by atoms with van der Waals surface area (Å²) in [5, 5.41) is 5.02. The zero-order valence-corrected chi connectivity index (χ0v) is 22.8. The van der Waals surface area contributed by atoms with Crippen molar-refractivity contribution in [3.63, 3.8) is 0 Å². The molecule has 0 saturated heterocycles. The molecule has 0 atom stereocenters. The lowest BCUT2D eigenvalue weighted by Crippen LogP contribution is -2.29. The van der Waals surface area contributed by atoms with Crippen molar-refractivity contribution in [1.82, 2.24) is 25.2 Å². The van der Waals surface area contributed by atoms with Crippen LogP contribution < -0.4 is 10.1 Å². The van der Waals surface area contributed by atoms with Crippen LogP contribution in [0.3, 0.4) is 0 Å². The maximum Gasteiger partial charge on any atom is 0.251 e. The van der Waals surface area contributed by atoms with E-state index in [0.717, 1.165) is 75.7 Å². The van der Waals surface area contributed by atoms with Crippen molar-refractivity contribution in [2.24, 2.45) is 0 Å². The minimum Gasteiger partial charge on any atom is -0.496 e. The van der Waals surface area contributed by atoms with Gasteiger partial charge < -0.3 is 19.9 Å². The second-order valence-corrected chi connectivity index (χ2v) is 9.73. The minimum atomic E-state index is -0.137. The first-order chi connectivity index (χ1) is 19.6. The lowest BCUT2D eigenvalue weighted by molar-refractivity contribution is -0.118. The number of nitrogens with one attached hydrogen (secondary N) is 2. The molecule has 2 amide bonds. The Bertz CT molecular complexity index is 1610. The summed E-state index contributed by atoms with van der Waals surface area (Å²) in [5.41, 5.74) is 6.15. The summed E-state index contributed by atoms with van der Waals surface area (Å²) in [4.78, 5) is 38.1. The number of pyridine rings is 2. The van der Waals surface area contributed by atoms with E-state index in [9.17, 15) is 9.59 Å². The Hall–Kier alpha value is -4.72. The highest BCUT2D eigenvalue weighted by molar-refractivity contribution is 6.16. The fourth-order valence-corrected chi connectivity index (χ4v) is 4.96. The summed E-state index contributed by atoms with van der Waals surface area (Å²) >= 11 is 0. The highest BCUT2D eigenvalue weighted by atomic mass is 16.5. The largest absolute Gasteiger partial charge is 0.496 e. The molecular weight excluding hydrogens is 502 g/mol. The molecule has 8 heteroatoms. The number of H-pyrrole nitrogens is 1. The number of hydrogen-bond acceptors (Lipinski definition) is 5. The van der Waals surface area contributed by atoms with Gasteiger partial charge in [0.05, 0.1) is 24.5 Å². The third-order valence-electron chi connectivity index (χ3n) is 7.08. The van der Waals surface area contributed by atoms with Gasteiger partial charge in [0.25, 0.3) is 5.91 Å². The highest BCUT2D eigenvalue weighted by Crippen LogP contribution is 2.41. The molecule has 5 aromatic rings. The Morgan fingerprint density at radius 1 is 1.02 bits per heavy atom. The molecule has 0 aliphatic carbocycles. The van der Waals surface area contributed by atoms with Gasteiger partial charge in [-0.25, -0.2) is 0 Å². The Morgan fingerprint density at radius 2 is 1.85 bits per heavy atom. The van der Waals surface area contributed by atoms with E-state index in [1.807, 2.05) is 54.7 Å². The van der Waals surface area contributed by atoms with E-state index in [1.165, 1.54) is 0 Å². The molecule has 0 bridgehead atoms. The maximum atomic E-state index is 12.8. The van der Waals surface area contributed by atoms with E-state index >= 15 is 0 Å². The average molecular weight is 536 g/mol. The van der Waals surface area contributed by atoms with Gasteiger partial charge in [-0.15, -0.1) is 0 Å². The van der Waals surface area contributed by atoms with Crippen molar-refractivity contribution in [2.75, 3.05) is 26.7 Å². The molecule has 0 saturated carbocycles. The van der Waals surface area contributed by atoms with E-state index in [4.69, 9.17) is 4.74 Å². The number of amides is 2. The molecule has 2 N–H and O–H groups in total. The fourth-order valence-electron chi connectivity index (χ4n) is 4.96. The van der Waals surface area contributed by atoms with Gasteiger partial charge in [0.1, 0.15) is 5.75 Å². The molecule has 0 fully saturated rings. The molecule has 8 nitrogen and oxygen atoms in total. The minimum absolute atomic E-state index is 0.137. The number of aromatic amines is 1. The zero-order chi connectivity index (χ0) is 27.9. The first-order valence-corrected chi connectivity index (χ1v) is 13.6. The van der Waals surface area contributed by atoms with Crippen LogP contribution in [0.2, 0.25) is 0 Å². The topological polar surface area (TPSA) is 100 Å². The van der Waals surface area contributed by atoms with E-state index in [2.05, 4.69) is 33.3 Å². The standard InChI is InChI=1S/C32H33N5O3/c1-3-4-16-37(21-38)17-6-15-34-32(39)23-10-8-22(9-11-23)30-29(40-2)13-12-26-31(30)25-18-27(35-20-28(25)36-26)24-7-5-14-33-19-24/h5,7-14,18-21,36H,3-4,6,15-17H2,1-2H3,(H,34,39). The first-order valence-electron chi connectivity index (χ1n) is 13.6. The van der Waals surface area contributed by atoms with Crippen molar-refractivity contribution in [3.05, 3.63) is 78.8 Å². The molecular formula is C32H33N5O3. The number of carbonyl (C=O) groups excluding carboxylic acids is 2. The molecule has 0 radical (unpaired) electrons. The number of fused-ring (bicyclic) bond motifs is 3. The number of methoxy groups -OCH3 is 1. The number of aromatic nitrogens is 3. The SMILES string of the molecule is CCCCN(C=O)CCCNC(=O)c1ccc(-c2c(OC)ccc3[nH]c4cnc(-c5cccnc5)cc4c23)cc1.